The Bertz CT molecular complexity index is 1520. The highest BCUT2D eigenvalue weighted by molar-refractivity contribution is 7.21. The number of phenols is 1. The number of nitrogens with one attached hydrogen (secondary N) is 1. The molecular formula is C24H14N2O3S2. The number of pyridine rings is 1. The predicted molar refractivity (Wildman–Crippen MR) is 125 cm³/mol. The third-order valence-electron chi connectivity index (χ3n) is 5.04. The summed E-state index contributed by atoms with van der Waals surface area (Å²) in [4.78, 5) is 17.2. The molecule has 0 amide bonds. The smallest absolute Gasteiger partial charge is 0.270 e. The van der Waals surface area contributed by atoms with Crippen LogP contribution in [-0.4, -0.2) is 15.2 Å². The number of fused-ring (bicyclic) bond motifs is 1. The van der Waals surface area contributed by atoms with Gasteiger partial charge in [0.2, 0.25) is 0 Å². The van der Waals surface area contributed by atoms with Gasteiger partial charge in [-0.15, -0.1) is 22.7 Å². The van der Waals surface area contributed by atoms with Crippen molar-refractivity contribution in [1.29, 1.82) is 5.26 Å². The fraction of sp³-hybridized carbons (Fsp3) is 0. The molecule has 0 atom stereocenters. The molecule has 0 aliphatic heterocycles. The third kappa shape index (κ3) is 3.19. The standard InChI is InChI=1S/C24H14N2O3S2/c25-11-17-21(28)20-18(12-30-24(20)26-23(17)29)19-10-16(13-6-8-15(27)9-7-13)22(31-19)14-4-2-1-3-5-14/h1-10,12,27H,(H2,26,28,29). The second-order valence-electron chi connectivity index (χ2n) is 6.91. The average Bonchev–Trinajstić information content (AvgIpc) is 3.40. The SMILES string of the molecule is N#Cc1c(O)c2c(-c3cc(-c4ccc(O)cc4)c(-c4ccccc4)s3)csc2[nH]c1=O. The van der Waals surface area contributed by atoms with Crippen molar-refractivity contribution in [2.24, 2.45) is 0 Å². The monoisotopic (exact) mass is 442 g/mol. The van der Waals surface area contributed by atoms with E-state index in [1.54, 1.807) is 29.5 Å². The fourth-order valence-corrected chi connectivity index (χ4v) is 5.79. The molecule has 0 unspecified atom stereocenters. The maximum atomic E-state index is 12.0. The first-order valence-electron chi connectivity index (χ1n) is 9.32. The summed E-state index contributed by atoms with van der Waals surface area (Å²) in [5.41, 5.74) is 2.88. The number of phenolic OH excluding ortho intramolecular Hbond substituents is 1. The predicted octanol–water partition coefficient (Wildman–Crippen LogP) is 5.93. The number of nitrogens with zero attached hydrogens (tertiary/aromatic N) is 1. The molecule has 0 aliphatic rings. The first kappa shape index (κ1) is 19.1. The van der Waals surface area contributed by atoms with Crippen LogP contribution in [-0.2, 0) is 0 Å². The molecule has 0 saturated carbocycles. The molecular weight excluding hydrogens is 428 g/mol. The van der Waals surface area contributed by atoms with Crippen molar-refractivity contribution >= 4 is 32.9 Å². The Morgan fingerprint density at radius 3 is 2.39 bits per heavy atom. The summed E-state index contributed by atoms with van der Waals surface area (Å²) in [5.74, 6) is -0.0967. The zero-order valence-electron chi connectivity index (χ0n) is 15.9. The van der Waals surface area contributed by atoms with E-state index in [0.717, 1.165) is 32.0 Å². The van der Waals surface area contributed by atoms with Crippen LogP contribution in [0.1, 0.15) is 5.56 Å². The molecule has 0 aliphatic carbocycles. The Labute approximate surface area is 184 Å². The average molecular weight is 443 g/mol. The fourth-order valence-electron chi connectivity index (χ4n) is 3.55. The van der Waals surface area contributed by atoms with Crippen molar-refractivity contribution in [3.8, 4) is 49.6 Å². The molecule has 0 fully saturated rings. The van der Waals surface area contributed by atoms with Gasteiger partial charge in [-0.2, -0.15) is 5.26 Å². The molecule has 0 bridgehead atoms. The van der Waals surface area contributed by atoms with Crippen molar-refractivity contribution < 1.29 is 10.2 Å². The highest BCUT2D eigenvalue weighted by Gasteiger charge is 2.21. The molecule has 2 aromatic carbocycles. The maximum absolute atomic E-state index is 12.0. The van der Waals surface area contributed by atoms with E-state index in [2.05, 4.69) is 4.98 Å². The Kier molecular flexibility index (Phi) is 4.59. The van der Waals surface area contributed by atoms with Crippen molar-refractivity contribution in [1.82, 2.24) is 4.98 Å². The van der Waals surface area contributed by atoms with Crippen LogP contribution in [0.25, 0.3) is 42.2 Å². The maximum Gasteiger partial charge on any atom is 0.270 e. The lowest BCUT2D eigenvalue weighted by Gasteiger charge is -2.04. The van der Waals surface area contributed by atoms with Gasteiger partial charge in [0, 0.05) is 26.3 Å². The molecule has 7 heteroatoms. The van der Waals surface area contributed by atoms with E-state index in [-0.39, 0.29) is 17.1 Å². The lowest BCUT2D eigenvalue weighted by Crippen LogP contribution is -2.09. The van der Waals surface area contributed by atoms with Gasteiger partial charge in [-0.25, -0.2) is 0 Å². The van der Waals surface area contributed by atoms with Gasteiger partial charge in [-0.3, -0.25) is 4.79 Å². The molecule has 0 radical (unpaired) electrons. The minimum Gasteiger partial charge on any atom is -0.508 e. The summed E-state index contributed by atoms with van der Waals surface area (Å²) in [6.07, 6.45) is 0. The van der Waals surface area contributed by atoms with Crippen molar-refractivity contribution in [2.45, 2.75) is 0 Å². The zero-order valence-corrected chi connectivity index (χ0v) is 17.6. The van der Waals surface area contributed by atoms with Gasteiger partial charge in [-0.1, -0.05) is 42.5 Å². The summed E-state index contributed by atoms with van der Waals surface area (Å²) in [5, 5.41) is 32.0. The third-order valence-corrected chi connectivity index (χ3v) is 7.16. The van der Waals surface area contributed by atoms with Crippen molar-refractivity contribution in [3.63, 3.8) is 0 Å². The quantitative estimate of drug-likeness (QED) is 0.322. The van der Waals surface area contributed by atoms with Gasteiger partial charge in [0.1, 0.15) is 22.4 Å². The van der Waals surface area contributed by atoms with Crippen LogP contribution in [0.15, 0.2) is 70.8 Å². The Balaban J connectivity index is 1.78. The van der Waals surface area contributed by atoms with Crippen LogP contribution in [0.4, 0.5) is 0 Å². The van der Waals surface area contributed by atoms with Crippen LogP contribution in [0.2, 0.25) is 0 Å². The molecule has 31 heavy (non-hydrogen) atoms. The molecule has 3 aromatic heterocycles. The van der Waals surface area contributed by atoms with E-state index in [4.69, 9.17) is 0 Å². The molecule has 0 spiro atoms. The molecule has 3 heterocycles. The Morgan fingerprint density at radius 1 is 0.935 bits per heavy atom. The van der Waals surface area contributed by atoms with Gasteiger partial charge >= 0.3 is 0 Å². The van der Waals surface area contributed by atoms with Gasteiger partial charge in [-0.05, 0) is 29.3 Å². The number of nitriles is 1. The number of aromatic amines is 1. The van der Waals surface area contributed by atoms with Gasteiger partial charge in [0.25, 0.3) is 5.56 Å². The molecule has 5 nitrogen and oxygen atoms in total. The number of hydrogen-bond acceptors (Lipinski definition) is 6. The van der Waals surface area contributed by atoms with E-state index in [9.17, 15) is 20.3 Å². The molecule has 150 valence electrons. The Hall–Kier alpha value is -3.86. The number of H-pyrrole nitrogens is 1. The van der Waals surface area contributed by atoms with Gasteiger partial charge in [0.15, 0.2) is 5.56 Å². The van der Waals surface area contributed by atoms with Crippen LogP contribution < -0.4 is 5.56 Å². The number of benzene rings is 2. The first-order valence-corrected chi connectivity index (χ1v) is 11.0. The van der Waals surface area contributed by atoms with E-state index >= 15 is 0 Å². The van der Waals surface area contributed by atoms with Crippen molar-refractivity contribution in [3.05, 3.63) is 82.0 Å². The van der Waals surface area contributed by atoms with E-state index in [0.29, 0.717) is 10.2 Å². The molecule has 0 saturated heterocycles. The largest absolute Gasteiger partial charge is 0.508 e. The summed E-state index contributed by atoms with van der Waals surface area (Å²) in [6, 6.07) is 20.8. The zero-order chi connectivity index (χ0) is 21.5. The number of aromatic nitrogens is 1. The summed E-state index contributed by atoms with van der Waals surface area (Å²) >= 11 is 2.88. The highest BCUT2D eigenvalue weighted by Crippen LogP contribution is 2.47. The number of hydrogen-bond donors (Lipinski definition) is 3. The first-order chi connectivity index (χ1) is 15.1. The lowest BCUT2D eigenvalue weighted by molar-refractivity contribution is 0.475. The highest BCUT2D eigenvalue weighted by atomic mass is 32.1. The lowest BCUT2D eigenvalue weighted by atomic mass is 10.0. The van der Waals surface area contributed by atoms with Crippen LogP contribution >= 0.6 is 22.7 Å². The van der Waals surface area contributed by atoms with E-state index in [1.165, 1.54) is 11.3 Å². The van der Waals surface area contributed by atoms with E-state index in [1.807, 2.05) is 53.9 Å². The summed E-state index contributed by atoms with van der Waals surface area (Å²) in [7, 11) is 0. The van der Waals surface area contributed by atoms with Gasteiger partial charge in [0.05, 0.1) is 5.39 Å². The molecule has 3 N–H and O–H groups in total. The molecule has 5 rings (SSSR count). The number of rotatable bonds is 3. The summed E-state index contributed by atoms with van der Waals surface area (Å²) in [6.45, 7) is 0. The second-order valence-corrected chi connectivity index (χ2v) is 8.84. The van der Waals surface area contributed by atoms with Crippen LogP contribution in [0.5, 0.6) is 11.5 Å². The van der Waals surface area contributed by atoms with Crippen molar-refractivity contribution in [2.75, 3.05) is 0 Å². The van der Waals surface area contributed by atoms with Crippen LogP contribution in [0, 0.1) is 11.3 Å². The van der Waals surface area contributed by atoms with E-state index < -0.39 is 5.56 Å². The molecule has 5 aromatic rings. The Morgan fingerprint density at radius 2 is 1.68 bits per heavy atom. The van der Waals surface area contributed by atoms with Gasteiger partial charge < -0.3 is 15.2 Å². The normalized spacial score (nSPS) is 10.9. The number of thiophene rings is 2. The summed E-state index contributed by atoms with van der Waals surface area (Å²) < 4.78 is 0. The topological polar surface area (TPSA) is 97.1 Å². The second kappa shape index (κ2) is 7.43. The minimum atomic E-state index is -0.596. The minimum absolute atomic E-state index is 0.196. The number of aromatic hydroxyl groups is 2. The van der Waals surface area contributed by atoms with Crippen LogP contribution in [0.3, 0.4) is 0 Å².